The molecule has 0 saturated carbocycles. The number of hydrogen-bond donors (Lipinski definition) is 0. The summed E-state index contributed by atoms with van der Waals surface area (Å²) in [5.74, 6) is 1.10. The van der Waals surface area contributed by atoms with Crippen LogP contribution in [0.1, 0.15) is 18.4 Å². The molecule has 0 atom stereocenters. The lowest BCUT2D eigenvalue weighted by atomic mass is 9.95. The minimum atomic E-state index is 0.0827. The number of carbonyl (C=O) groups is 1. The second-order valence-electron chi connectivity index (χ2n) is 6.23. The minimum absolute atomic E-state index is 0.0827. The summed E-state index contributed by atoms with van der Waals surface area (Å²) in [6, 6.07) is 5.87. The molecule has 25 heavy (non-hydrogen) atoms. The second-order valence-corrected chi connectivity index (χ2v) is 8.02. The van der Waals surface area contributed by atoms with Gasteiger partial charge in [0.15, 0.2) is 5.13 Å². The van der Waals surface area contributed by atoms with E-state index in [0.717, 1.165) is 46.8 Å². The average molecular weight is 424 g/mol. The van der Waals surface area contributed by atoms with Crippen molar-refractivity contribution in [3.63, 3.8) is 0 Å². The van der Waals surface area contributed by atoms with Crippen molar-refractivity contribution in [2.45, 2.75) is 19.4 Å². The molecule has 1 aliphatic rings. The lowest BCUT2D eigenvalue weighted by molar-refractivity contribution is -0.135. The fourth-order valence-corrected chi connectivity index (χ4v) is 4.31. The van der Waals surface area contributed by atoms with Gasteiger partial charge in [0, 0.05) is 54.2 Å². The van der Waals surface area contributed by atoms with Crippen molar-refractivity contribution in [3.05, 3.63) is 39.8 Å². The van der Waals surface area contributed by atoms with Crippen LogP contribution in [0.2, 0.25) is 0 Å². The Morgan fingerprint density at radius 3 is 2.84 bits per heavy atom. The zero-order valence-electron chi connectivity index (χ0n) is 14.4. The van der Waals surface area contributed by atoms with Gasteiger partial charge in [0.05, 0.1) is 7.11 Å². The van der Waals surface area contributed by atoms with Gasteiger partial charge in [0.25, 0.3) is 0 Å². The molecular weight excluding hydrogens is 402 g/mol. The van der Waals surface area contributed by atoms with Crippen LogP contribution in [-0.4, -0.2) is 43.0 Å². The Morgan fingerprint density at radius 2 is 2.20 bits per heavy atom. The Morgan fingerprint density at radius 1 is 1.44 bits per heavy atom. The zero-order valence-corrected chi connectivity index (χ0v) is 16.8. The van der Waals surface area contributed by atoms with Crippen LogP contribution < -0.4 is 9.64 Å². The van der Waals surface area contributed by atoms with Crippen LogP contribution in [0.25, 0.3) is 0 Å². The summed E-state index contributed by atoms with van der Waals surface area (Å²) in [7, 11) is 3.53. The highest BCUT2D eigenvalue weighted by molar-refractivity contribution is 9.10. The average Bonchev–Trinajstić information content (AvgIpc) is 3.16. The molecule has 0 N–H and O–H groups in total. The highest BCUT2D eigenvalue weighted by atomic mass is 79.9. The quantitative estimate of drug-likeness (QED) is 0.733. The first kappa shape index (κ1) is 18.2. The van der Waals surface area contributed by atoms with Gasteiger partial charge in [-0.15, -0.1) is 11.3 Å². The number of amides is 1. The molecule has 0 spiro atoms. The van der Waals surface area contributed by atoms with Crippen molar-refractivity contribution < 1.29 is 9.53 Å². The molecule has 2 heterocycles. The van der Waals surface area contributed by atoms with E-state index in [4.69, 9.17) is 4.74 Å². The van der Waals surface area contributed by atoms with Crippen LogP contribution in [0.3, 0.4) is 0 Å². The summed E-state index contributed by atoms with van der Waals surface area (Å²) < 4.78 is 6.40. The number of thiazole rings is 1. The predicted molar refractivity (Wildman–Crippen MR) is 104 cm³/mol. The number of piperidine rings is 1. The highest BCUT2D eigenvalue weighted by Gasteiger charge is 2.28. The fraction of sp³-hybridized carbons (Fsp3) is 0.444. The SMILES string of the molecule is COc1ccc(Br)cc1CN(C)C(=O)C1CCN(c2nccs2)CC1. The molecule has 1 amide bonds. The van der Waals surface area contributed by atoms with Gasteiger partial charge in [0.2, 0.25) is 5.91 Å². The van der Waals surface area contributed by atoms with E-state index in [-0.39, 0.29) is 11.8 Å². The summed E-state index contributed by atoms with van der Waals surface area (Å²) >= 11 is 5.14. The number of aromatic nitrogens is 1. The van der Waals surface area contributed by atoms with E-state index in [1.54, 1.807) is 18.4 Å². The first-order valence-electron chi connectivity index (χ1n) is 8.30. The fourth-order valence-electron chi connectivity index (χ4n) is 3.21. The second kappa shape index (κ2) is 8.19. The monoisotopic (exact) mass is 423 g/mol. The van der Waals surface area contributed by atoms with E-state index in [1.165, 1.54) is 0 Å². The molecule has 134 valence electrons. The molecule has 5 nitrogen and oxygen atoms in total. The third kappa shape index (κ3) is 4.33. The Kier molecular flexibility index (Phi) is 5.96. The highest BCUT2D eigenvalue weighted by Crippen LogP contribution is 2.28. The van der Waals surface area contributed by atoms with Crippen molar-refractivity contribution in [2.75, 3.05) is 32.1 Å². The molecule has 1 fully saturated rings. The summed E-state index contributed by atoms with van der Waals surface area (Å²) in [6.45, 7) is 2.32. The molecule has 3 rings (SSSR count). The van der Waals surface area contributed by atoms with Crippen LogP contribution >= 0.6 is 27.3 Å². The van der Waals surface area contributed by atoms with Crippen molar-refractivity contribution in [1.82, 2.24) is 9.88 Å². The Balaban J connectivity index is 1.59. The van der Waals surface area contributed by atoms with Gasteiger partial charge >= 0.3 is 0 Å². The van der Waals surface area contributed by atoms with Gasteiger partial charge in [0.1, 0.15) is 5.75 Å². The van der Waals surface area contributed by atoms with Crippen LogP contribution in [0.4, 0.5) is 5.13 Å². The number of methoxy groups -OCH3 is 1. The van der Waals surface area contributed by atoms with E-state index in [0.29, 0.717) is 6.54 Å². The van der Waals surface area contributed by atoms with E-state index in [2.05, 4.69) is 25.8 Å². The van der Waals surface area contributed by atoms with Crippen molar-refractivity contribution in [3.8, 4) is 5.75 Å². The first-order chi connectivity index (χ1) is 12.1. The molecule has 1 aliphatic heterocycles. The number of ether oxygens (including phenoxy) is 1. The Labute approximate surface area is 160 Å². The molecule has 0 aliphatic carbocycles. The smallest absolute Gasteiger partial charge is 0.225 e. The van der Waals surface area contributed by atoms with Gasteiger partial charge in [-0.3, -0.25) is 4.79 Å². The predicted octanol–water partition coefficient (Wildman–Crippen LogP) is 3.79. The zero-order chi connectivity index (χ0) is 17.8. The van der Waals surface area contributed by atoms with Gasteiger partial charge in [-0.25, -0.2) is 4.98 Å². The van der Waals surface area contributed by atoms with Crippen molar-refractivity contribution in [2.24, 2.45) is 5.92 Å². The topological polar surface area (TPSA) is 45.7 Å². The molecule has 2 aromatic rings. The van der Waals surface area contributed by atoms with Gasteiger partial charge in [-0.05, 0) is 31.0 Å². The largest absolute Gasteiger partial charge is 0.496 e. The number of halogens is 1. The maximum Gasteiger partial charge on any atom is 0.225 e. The number of carbonyl (C=O) groups excluding carboxylic acids is 1. The number of anilines is 1. The number of benzene rings is 1. The van der Waals surface area contributed by atoms with E-state index < -0.39 is 0 Å². The molecule has 0 bridgehead atoms. The summed E-state index contributed by atoms with van der Waals surface area (Å²) in [4.78, 5) is 21.3. The lowest BCUT2D eigenvalue weighted by Gasteiger charge is -2.33. The van der Waals surface area contributed by atoms with Gasteiger partial charge in [-0.2, -0.15) is 0 Å². The van der Waals surface area contributed by atoms with E-state index in [1.807, 2.05) is 41.7 Å². The first-order valence-corrected chi connectivity index (χ1v) is 9.97. The number of nitrogens with zero attached hydrogens (tertiary/aromatic N) is 3. The lowest BCUT2D eigenvalue weighted by Crippen LogP contribution is -2.41. The number of hydrogen-bond acceptors (Lipinski definition) is 5. The maximum absolute atomic E-state index is 12.8. The molecular formula is C18H22BrN3O2S. The van der Waals surface area contributed by atoms with Crippen LogP contribution in [0.15, 0.2) is 34.2 Å². The van der Waals surface area contributed by atoms with Crippen molar-refractivity contribution in [1.29, 1.82) is 0 Å². The van der Waals surface area contributed by atoms with Crippen LogP contribution in [0, 0.1) is 5.92 Å². The van der Waals surface area contributed by atoms with Crippen LogP contribution in [-0.2, 0) is 11.3 Å². The Bertz CT molecular complexity index is 715. The minimum Gasteiger partial charge on any atom is -0.496 e. The van der Waals surface area contributed by atoms with Crippen LogP contribution in [0.5, 0.6) is 5.75 Å². The van der Waals surface area contributed by atoms with E-state index in [9.17, 15) is 4.79 Å². The molecule has 7 heteroatoms. The summed E-state index contributed by atoms with van der Waals surface area (Å²) in [5.41, 5.74) is 1.01. The third-order valence-electron chi connectivity index (χ3n) is 4.56. The maximum atomic E-state index is 12.8. The molecule has 0 unspecified atom stereocenters. The Hall–Kier alpha value is -1.60. The van der Waals surface area contributed by atoms with E-state index >= 15 is 0 Å². The standard InChI is InChI=1S/C18H22BrN3O2S/c1-21(12-14-11-15(19)3-4-16(14)24-2)17(23)13-5-8-22(9-6-13)18-20-7-10-25-18/h3-4,7,10-11,13H,5-6,8-9,12H2,1-2H3. The normalized spacial score (nSPS) is 15.2. The number of rotatable bonds is 5. The van der Waals surface area contributed by atoms with Gasteiger partial charge in [-0.1, -0.05) is 15.9 Å². The third-order valence-corrected chi connectivity index (χ3v) is 5.89. The molecule has 0 radical (unpaired) electrons. The van der Waals surface area contributed by atoms with Crippen molar-refractivity contribution >= 4 is 38.3 Å². The summed E-state index contributed by atoms with van der Waals surface area (Å²) in [5, 5.41) is 3.05. The molecule has 1 aromatic carbocycles. The molecule has 1 aromatic heterocycles. The van der Waals surface area contributed by atoms with Gasteiger partial charge < -0.3 is 14.5 Å². The molecule has 1 saturated heterocycles. The summed E-state index contributed by atoms with van der Waals surface area (Å²) in [6.07, 6.45) is 3.58.